The van der Waals surface area contributed by atoms with E-state index in [1.165, 1.54) is 30.4 Å². The fourth-order valence-electron chi connectivity index (χ4n) is 1.10. The summed E-state index contributed by atoms with van der Waals surface area (Å²) in [6, 6.07) is 4.34. The minimum atomic E-state index is -0.296. The fraction of sp³-hybridized carbons (Fsp3) is 0.273. The van der Waals surface area contributed by atoms with Gasteiger partial charge in [-0.05, 0) is 18.2 Å². The van der Waals surface area contributed by atoms with Crippen molar-refractivity contribution >= 4 is 32.6 Å². The van der Waals surface area contributed by atoms with Crippen LogP contribution in [0.3, 0.4) is 0 Å². The van der Waals surface area contributed by atoms with Gasteiger partial charge in [0, 0.05) is 6.92 Å². The van der Waals surface area contributed by atoms with E-state index < -0.39 is 0 Å². The van der Waals surface area contributed by atoms with E-state index in [9.17, 15) is 9.18 Å². The standard InChI is InChI=1S/C9H7FN2OS.C2H6/c1-5(13)11-9-12-7-3-2-6(10)4-8(7)14-9;1-2/h2-4H,1H3,(H,11,12,13);1-2H3. The van der Waals surface area contributed by atoms with Gasteiger partial charge in [-0.15, -0.1) is 0 Å². The Morgan fingerprint density at radius 3 is 2.75 bits per heavy atom. The number of carbonyl (C=O) groups is 1. The summed E-state index contributed by atoms with van der Waals surface area (Å²) in [4.78, 5) is 14.9. The molecule has 0 radical (unpaired) electrons. The molecule has 0 unspecified atom stereocenters. The van der Waals surface area contributed by atoms with Crippen LogP contribution in [0.5, 0.6) is 0 Å². The van der Waals surface area contributed by atoms with Crippen molar-refractivity contribution in [2.24, 2.45) is 0 Å². The molecule has 2 rings (SSSR count). The molecule has 0 saturated carbocycles. The highest BCUT2D eigenvalue weighted by molar-refractivity contribution is 7.22. The number of hydrogen-bond donors (Lipinski definition) is 1. The van der Waals surface area contributed by atoms with Crippen molar-refractivity contribution in [2.45, 2.75) is 20.8 Å². The van der Waals surface area contributed by atoms with E-state index >= 15 is 0 Å². The largest absolute Gasteiger partial charge is 0.302 e. The summed E-state index contributed by atoms with van der Waals surface area (Å²) in [5, 5.41) is 3.06. The van der Waals surface area contributed by atoms with Gasteiger partial charge in [-0.3, -0.25) is 4.79 Å². The molecule has 0 aliphatic heterocycles. The van der Waals surface area contributed by atoms with Gasteiger partial charge in [0.2, 0.25) is 5.91 Å². The zero-order valence-corrected chi connectivity index (χ0v) is 10.2. The van der Waals surface area contributed by atoms with Gasteiger partial charge in [0.05, 0.1) is 10.2 Å². The molecule has 0 aliphatic carbocycles. The van der Waals surface area contributed by atoms with Crippen LogP contribution in [0.1, 0.15) is 20.8 Å². The third-order valence-electron chi connectivity index (χ3n) is 1.63. The monoisotopic (exact) mass is 240 g/mol. The number of amides is 1. The molecule has 0 aliphatic rings. The summed E-state index contributed by atoms with van der Waals surface area (Å²) in [6.07, 6.45) is 0. The van der Waals surface area contributed by atoms with E-state index in [1.54, 1.807) is 6.07 Å². The van der Waals surface area contributed by atoms with E-state index in [2.05, 4.69) is 10.3 Å². The lowest BCUT2D eigenvalue weighted by atomic mass is 10.3. The Labute approximate surface area is 97.3 Å². The minimum Gasteiger partial charge on any atom is -0.302 e. The smallest absolute Gasteiger partial charge is 0.223 e. The van der Waals surface area contributed by atoms with Crippen molar-refractivity contribution in [1.29, 1.82) is 0 Å². The topological polar surface area (TPSA) is 42.0 Å². The molecule has 3 nitrogen and oxygen atoms in total. The Morgan fingerprint density at radius 2 is 2.12 bits per heavy atom. The molecule has 0 saturated heterocycles. The second-order valence-corrected chi connectivity index (χ2v) is 3.84. The van der Waals surface area contributed by atoms with Crippen LogP contribution >= 0.6 is 11.3 Å². The van der Waals surface area contributed by atoms with Crippen molar-refractivity contribution in [3.63, 3.8) is 0 Å². The predicted molar refractivity (Wildman–Crippen MR) is 65.2 cm³/mol. The van der Waals surface area contributed by atoms with Crippen molar-refractivity contribution in [3.05, 3.63) is 24.0 Å². The summed E-state index contributed by atoms with van der Waals surface area (Å²) in [5.74, 6) is -0.472. The number of rotatable bonds is 1. The number of thiazole rings is 1. The molecule has 1 N–H and O–H groups in total. The van der Waals surface area contributed by atoms with Crippen LogP contribution in [0.15, 0.2) is 18.2 Å². The highest BCUT2D eigenvalue weighted by Crippen LogP contribution is 2.26. The van der Waals surface area contributed by atoms with E-state index in [4.69, 9.17) is 0 Å². The first-order valence-electron chi connectivity index (χ1n) is 4.99. The molecule has 0 atom stereocenters. The first-order valence-corrected chi connectivity index (χ1v) is 5.80. The number of halogens is 1. The molecule has 0 bridgehead atoms. The Balaban J connectivity index is 0.000000606. The molecular formula is C11H13FN2OS. The molecule has 2 aromatic rings. The molecule has 1 aromatic heterocycles. The van der Waals surface area contributed by atoms with Crippen LogP contribution in [-0.2, 0) is 4.79 Å². The van der Waals surface area contributed by atoms with Gasteiger partial charge >= 0.3 is 0 Å². The SMILES string of the molecule is CC.CC(=O)Nc1nc2ccc(F)cc2s1. The minimum absolute atomic E-state index is 0.176. The lowest BCUT2D eigenvalue weighted by molar-refractivity contribution is -0.114. The van der Waals surface area contributed by atoms with Gasteiger partial charge in [0.25, 0.3) is 0 Å². The van der Waals surface area contributed by atoms with Crippen LogP contribution < -0.4 is 5.32 Å². The van der Waals surface area contributed by atoms with E-state index in [-0.39, 0.29) is 11.7 Å². The highest BCUT2D eigenvalue weighted by atomic mass is 32.1. The van der Waals surface area contributed by atoms with E-state index in [1.807, 2.05) is 13.8 Å². The molecule has 86 valence electrons. The van der Waals surface area contributed by atoms with Gasteiger partial charge in [-0.2, -0.15) is 0 Å². The summed E-state index contributed by atoms with van der Waals surface area (Å²) in [5.41, 5.74) is 0.695. The van der Waals surface area contributed by atoms with Gasteiger partial charge < -0.3 is 5.32 Å². The maximum atomic E-state index is 12.8. The number of aromatic nitrogens is 1. The zero-order chi connectivity index (χ0) is 12.1. The Hall–Kier alpha value is -1.49. The van der Waals surface area contributed by atoms with Crippen LogP contribution in [0.25, 0.3) is 10.2 Å². The summed E-state index contributed by atoms with van der Waals surface area (Å²) in [7, 11) is 0. The van der Waals surface area contributed by atoms with Gasteiger partial charge in [0.1, 0.15) is 5.82 Å². The Morgan fingerprint density at radius 1 is 1.44 bits per heavy atom. The zero-order valence-electron chi connectivity index (χ0n) is 9.37. The van der Waals surface area contributed by atoms with E-state index in [0.717, 1.165) is 4.70 Å². The number of fused-ring (bicyclic) bond motifs is 1. The van der Waals surface area contributed by atoms with Crippen LogP contribution in [0.4, 0.5) is 9.52 Å². The third-order valence-corrected chi connectivity index (χ3v) is 2.57. The Bertz CT molecular complexity index is 496. The van der Waals surface area contributed by atoms with Gasteiger partial charge in [-0.25, -0.2) is 9.37 Å². The summed E-state index contributed by atoms with van der Waals surface area (Å²) < 4.78 is 13.5. The van der Waals surface area contributed by atoms with Gasteiger partial charge in [-0.1, -0.05) is 25.2 Å². The molecule has 1 heterocycles. The van der Waals surface area contributed by atoms with Crippen molar-refractivity contribution in [1.82, 2.24) is 4.98 Å². The van der Waals surface area contributed by atoms with Crippen molar-refractivity contribution < 1.29 is 9.18 Å². The average Bonchev–Trinajstić information content (AvgIpc) is 2.61. The first kappa shape index (κ1) is 12.6. The van der Waals surface area contributed by atoms with Crippen LogP contribution in [0.2, 0.25) is 0 Å². The van der Waals surface area contributed by atoms with Crippen LogP contribution in [-0.4, -0.2) is 10.9 Å². The molecule has 5 heteroatoms. The number of nitrogens with zero attached hydrogens (tertiary/aromatic N) is 1. The normalized spacial score (nSPS) is 9.50. The quantitative estimate of drug-likeness (QED) is 0.829. The molecule has 0 fully saturated rings. The molecule has 1 aromatic carbocycles. The second kappa shape index (κ2) is 5.55. The average molecular weight is 240 g/mol. The van der Waals surface area contributed by atoms with Crippen molar-refractivity contribution in [2.75, 3.05) is 5.32 Å². The number of nitrogens with one attached hydrogen (secondary N) is 1. The maximum absolute atomic E-state index is 12.8. The molecule has 1 amide bonds. The first-order chi connectivity index (χ1) is 7.65. The third kappa shape index (κ3) is 3.00. The fourth-order valence-corrected chi connectivity index (χ4v) is 2.04. The number of benzene rings is 1. The Kier molecular flexibility index (Phi) is 4.37. The van der Waals surface area contributed by atoms with E-state index in [0.29, 0.717) is 10.6 Å². The van der Waals surface area contributed by atoms with Crippen molar-refractivity contribution in [3.8, 4) is 0 Å². The number of hydrogen-bond acceptors (Lipinski definition) is 3. The molecular weight excluding hydrogens is 227 g/mol. The predicted octanol–water partition coefficient (Wildman–Crippen LogP) is 3.42. The lowest BCUT2D eigenvalue weighted by Crippen LogP contribution is -2.04. The van der Waals surface area contributed by atoms with Gasteiger partial charge in [0.15, 0.2) is 5.13 Å². The molecule has 16 heavy (non-hydrogen) atoms. The molecule has 0 spiro atoms. The highest BCUT2D eigenvalue weighted by Gasteiger charge is 2.05. The maximum Gasteiger partial charge on any atom is 0.223 e. The lowest BCUT2D eigenvalue weighted by Gasteiger charge is -1.91. The number of carbonyl (C=O) groups excluding carboxylic acids is 1. The second-order valence-electron chi connectivity index (χ2n) is 2.81. The summed E-state index contributed by atoms with van der Waals surface area (Å²) >= 11 is 1.26. The summed E-state index contributed by atoms with van der Waals surface area (Å²) in [6.45, 7) is 5.41. The van der Waals surface area contributed by atoms with Crippen LogP contribution in [0, 0.1) is 5.82 Å². The number of anilines is 1.